The standard InChI is InChI=1S/C23H22F6N4O2/c1-12(2)13(3)32-21(34)19-17(11-31-18-9-8-16(10-30-18)23(27,28)29)20(35-33-19)14-4-6-15(7-5-14)22(24,25)26/h4-10,12-13H,11H2,1-3H3,(H,30,31)(H,32,34). The highest BCUT2D eigenvalue weighted by Gasteiger charge is 2.32. The molecule has 3 aromatic rings. The molecule has 0 radical (unpaired) electrons. The maximum atomic E-state index is 12.9. The van der Waals surface area contributed by atoms with Crippen LogP contribution in [0.1, 0.15) is 48.0 Å². The monoisotopic (exact) mass is 500 g/mol. The fraction of sp³-hybridized carbons (Fsp3) is 0.348. The highest BCUT2D eigenvalue weighted by molar-refractivity contribution is 5.95. The van der Waals surface area contributed by atoms with Crippen molar-refractivity contribution in [1.82, 2.24) is 15.5 Å². The number of anilines is 1. The molecular formula is C23H22F6N4O2. The number of amides is 1. The molecule has 188 valence electrons. The third kappa shape index (κ3) is 6.31. The molecule has 2 N–H and O–H groups in total. The summed E-state index contributed by atoms with van der Waals surface area (Å²) >= 11 is 0. The summed E-state index contributed by atoms with van der Waals surface area (Å²) in [6.45, 7) is 5.46. The van der Waals surface area contributed by atoms with Gasteiger partial charge < -0.3 is 15.2 Å². The maximum absolute atomic E-state index is 12.9. The van der Waals surface area contributed by atoms with Crippen LogP contribution in [0.15, 0.2) is 47.1 Å². The summed E-state index contributed by atoms with van der Waals surface area (Å²) in [5.41, 5.74) is -1.45. The van der Waals surface area contributed by atoms with Gasteiger partial charge >= 0.3 is 12.4 Å². The van der Waals surface area contributed by atoms with Gasteiger partial charge in [0.2, 0.25) is 0 Å². The number of hydrogen-bond donors (Lipinski definition) is 2. The van der Waals surface area contributed by atoms with E-state index < -0.39 is 29.4 Å². The molecule has 2 aromatic heterocycles. The molecule has 6 nitrogen and oxygen atoms in total. The molecule has 1 amide bonds. The molecule has 0 fully saturated rings. The number of nitrogens with one attached hydrogen (secondary N) is 2. The first kappa shape index (κ1) is 26.0. The van der Waals surface area contributed by atoms with Crippen LogP contribution in [0.4, 0.5) is 32.2 Å². The summed E-state index contributed by atoms with van der Waals surface area (Å²) in [6, 6.07) is 5.85. The largest absolute Gasteiger partial charge is 0.417 e. The Bertz CT molecular complexity index is 1150. The van der Waals surface area contributed by atoms with Crippen molar-refractivity contribution in [1.29, 1.82) is 0 Å². The number of carbonyl (C=O) groups is 1. The third-order valence-corrected chi connectivity index (χ3v) is 5.37. The van der Waals surface area contributed by atoms with Crippen LogP contribution in [0.25, 0.3) is 11.3 Å². The lowest BCUT2D eigenvalue weighted by molar-refractivity contribution is -0.138. The summed E-state index contributed by atoms with van der Waals surface area (Å²) < 4.78 is 82.5. The summed E-state index contributed by atoms with van der Waals surface area (Å²) in [5.74, 6) is -0.330. The van der Waals surface area contributed by atoms with Crippen LogP contribution in [-0.2, 0) is 18.9 Å². The minimum absolute atomic E-state index is 0.0421. The number of aromatic nitrogens is 2. The van der Waals surface area contributed by atoms with Crippen LogP contribution in [0.3, 0.4) is 0 Å². The molecule has 0 bridgehead atoms. The van der Waals surface area contributed by atoms with Gasteiger partial charge in [0.05, 0.1) is 16.7 Å². The predicted molar refractivity (Wildman–Crippen MR) is 115 cm³/mol. The molecule has 0 saturated carbocycles. The van der Waals surface area contributed by atoms with Crippen molar-refractivity contribution < 1.29 is 35.7 Å². The number of nitrogens with zero attached hydrogens (tertiary/aromatic N) is 2. The molecule has 0 aliphatic carbocycles. The summed E-state index contributed by atoms with van der Waals surface area (Å²) in [7, 11) is 0. The molecule has 2 heterocycles. The molecule has 0 aliphatic rings. The van der Waals surface area contributed by atoms with Crippen LogP contribution in [0, 0.1) is 5.92 Å². The molecular weight excluding hydrogens is 478 g/mol. The number of pyridine rings is 1. The van der Waals surface area contributed by atoms with Crippen molar-refractivity contribution in [2.75, 3.05) is 5.32 Å². The van der Waals surface area contributed by atoms with Crippen molar-refractivity contribution >= 4 is 11.7 Å². The molecule has 0 spiro atoms. The van der Waals surface area contributed by atoms with Gasteiger partial charge in [0.25, 0.3) is 5.91 Å². The maximum Gasteiger partial charge on any atom is 0.417 e. The van der Waals surface area contributed by atoms with E-state index in [1.165, 1.54) is 12.1 Å². The van der Waals surface area contributed by atoms with Crippen LogP contribution in [0.2, 0.25) is 0 Å². The molecule has 3 rings (SSSR count). The molecule has 1 unspecified atom stereocenters. The Morgan fingerprint density at radius 2 is 1.54 bits per heavy atom. The van der Waals surface area contributed by atoms with Gasteiger partial charge in [0, 0.05) is 24.3 Å². The van der Waals surface area contributed by atoms with Crippen LogP contribution in [0.5, 0.6) is 0 Å². The number of halogens is 6. The van der Waals surface area contributed by atoms with E-state index in [1.807, 2.05) is 13.8 Å². The van der Waals surface area contributed by atoms with E-state index in [2.05, 4.69) is 20.8 Å². The summed E-state index contributed by atoms with van der Waals surface area (Å²) in [6.07, 6.45) is -8.42. The number of alkyl halides is 6. The summed E-state index contributed by atoms with van der Waals surface area (Å²) in [4.78, 5) is 16.6. The molecule has 0 aliphatic heterocycles. The van der Waals surface area contributed by atoms with E-state index in [1.54, 1.807) is 6.92 Å². The second-order valence-corrected chi connectivity index (χ2v) is 8.20. The first-order valence-corrected chi connectivity index (χ1v) is 10.5. The zero-order valence-corrected chi connectivity index (χ0v) is 18.9. The smallest absolute Gasteiger partial charge is 0.366 e. The fourth-order valence-electron chi connectivity index (χ4n) is 2.98. The van der Waals surface area contributed by atoms with Crippen LogP contribution in [-0.4, -0.2) is 22.1 Å². The Labute approximate surface area is 196 Å². The molecule has 0 saturated heterocycles. The Morgan fingerprint density at radius 3 is 2.06 bits per heavy atom. The lowest BCUT2D eigenvalue weighted by Gasteiger charge is -2.17. The van der Waals surface area contributed by atoms with Crippen molar-refractivity contribution in [2.24, 2.45) is 5.92 Å². The first-order valence-electron chi connectivity index (χ1n) is 10.5. The van der Waals surface area contributed by atoms with Gasteiger partial charge in [-0.05, 0) is 37.1 Å². The Morgan fingerprint density at radius 1 is 0.943 bits per heavy atom. The van der Waals surface area contributed by atoms with Gasteiger partial charge in [-0.3, -0.25) is 4.79 Å². The zero-order valence-electron chi connectivity index (χ0n) is 18.9. The lowest BCUT2D eigenvalue weighted by atomic mass is 10.0. The van der Waals surface area contributed by atoms with Gasteiger partial charge in [-0.25, -0.2) is 4.98 Å². The van der Waals surface area contributed by atoms with Crippen LogP contribution < -0.4 is 10.6 Å². The molecule has 1 atom stereocenters. The van der Waals surface area contributed by atoms with Crippen LogP contribution >= 0.6 is 0 Å². The van der Waals surface area contributed by atoms with Gasteiger partial charge in [-0.1, -0.05) is 31.1 Å². The number of benzene rings is 1. The third-order valence-electron chi connectivity index (χ3n) is 5.37. The SMILES string of the molecule is CC(C)C(C)NC(=O)c1noc(-c2ccc(C(F)(F)F)cc2)c1CNc1ccc(C(F)(F)F)cn1. The average Bonchev–Trinajstić information content (AvgIpc) is 3.20. The fourth-order valence-corrected chi connectivity index (χ4v) is 2.98. The number of hydrogen-bond acceptors (Lipinski definition) is 5. The van der Waals surface area contributed by atoms with Crippen molar-refractivity contribution in [2.45, 2.75) is 45.7 Å². The predicted octanol–water partition coefficient (Wildman–Crippen LogP) is 6.16. The first-order chi connectivity index (χ1) is 16.3. The Balaban J connectivity index is 1.92. The zero-order chi connectivity index (χ0) is 26.0. The second-order valence-electron chi connectivity index (χ2n) is 8.20. The molecule has 1 aromatic carbocycles. The van der Waals surface area contributed by atoms with E-state index >= 15 is 0 Å². The van der Waals surface area contributed by atoms with E-state index in [0.717, 1.165) is 24.3 Å². The van der Waals surface area contributed by atoms with E-state index in [-0.39, 0.29) is 46.9 Å². The topological polar surface area (TPSA) is 80.0 Å². The minimum atomic E-state index is -4.55. The van der Waals surface area contributed by atoms with Crippen molar-refractivity contribution in [3.8, 4) is 11.3 Å². The highest BCUT2D eigenvalue weighted by Crippen LogP contribution is 2.33. The Kier molecular flexibility index (Phi) is 7.41. The van der Waals surface area contributed by atoms with Gasteiger partial charge in [0.15, 0.2) is 11.5 Å². The second kappa shape index (κ2) is 9.96. The normalized spacial score (nSPS) is 13.1. The van der Waals surface area contributed by atoms with Crippen molar-refractivity contribution in [3.63, 3.8) is 0 Å². The van der Waals surface area contributed by atoms with Gasteiger partial charge in [-0.2, -0.15) is 26.3 Å². The number of carbonyl (C=O) groups excluding carboxylic acids is 1. The van der Waals surface area contributed by atoms with E-state index in [9.17, 15) is 31.1 Å². The van der Waals surface area contributed by atoms with Gasteiger partial charge in [-0.15, -0.1) is 0 Å². The highest BCUT2D eigenvalue weighted by atomic mass is 19.4. The summed E-state index contributed by atoms with van der Waals surface area (Å²) in [5, 5.41) is 9.39. The van der Waals surface area contributed by atoms with Gasteiger partial charge in [0.1, 0.15) is 5.82 Å². The minimum Gasteiger partial charge on any atom is -0.366 e. The number of rotatable bonds is 7. The Hall–Kier alpha value is -3.57. The molecule has 35 heavy (non-hydrogen) atoms. The van der Waals surface area contributed by atoms with E-state index in [0.29, 0.717) is 6.20 Å². The molecule has 12 heteroatoms. The average molecular weight is 500 g/mol. The van der Waals surface area contributed by atoms with Crippen molar-refractivity contribution in [3.05, 3.63) is 65.0 Å². The van der Waals surface area contributed by atoms with E-state index in [4.69, 9.17) is 4.52 Å². The lowest BCUT2D eigenvalue weighted by Crippen LogP contribution is -2.36. The quantitative estimate of drug-likeness (QED) is 0.380.